The van der Waals surface area contributed by atoms with Gasteiger partial charge < -0.3 is 9.84 Å². The van der Waals surface area contributed by atoms with Gasteiger partial charge in [0.15, 0.2) is 0 Å². The van der Waals surface area contributed by atoms with Crippen molar-refractivity contribution in [2.24, 2.45) is 5.92 Å². The molecule has 1 heterocycles. The van der Waals surface area contributed by atoms with Gasteiger partial charge >= 0.3 is 11.9 Å². The summed E-state index contributed by atoms with van der Waals surface area (Å²) < 4.78 is 4.76. The van der Waals surface area contributed by atoms with Crippen LogP contribution in [0.15, 0.2) is 0 Å². The molecule has 0 aromatic carbocycles. The maximum absolute atomic E-state index is 10.6. The molecule has 0 saturated carbocycles. The normalized spacial score (nSPS) is 30.1. The van der Waals surface area contributed by atoms with Crippen LogP contribution in [-0.4, -0.2) is 23.1 Å². The first-order valence-electron chi connectivity index (χ1n) is 3.51. The molecule has 0 spiro atoms. The van der Waals surface area contributed by atoms with Crippen molar-refractivity contribution in [3.8, 4) is 0 Å². The second-order valence-electron chi connectivity index (χ2n) is 2.81. The van der Waals surface area contributed by atoms with Gasteiger partial charge in [-0.05, 0) is 0 Å². The van der Waals surface area contributed by atoms with Gasteiger partial charge in [-0.15, -0.1) is 0 Å². The van der Waals surface area contributed by atoms with E-state index in [1.165, 1.54) is 0 Å². The molecule has 62 valence electrons. The fourth-order valence-corrected chi connectivity index (χ4v) is 1.14. The Morgan fingerprint density at radius 3 is 2.82 bits per heavy atom. The molecular formula is C7H10O4. The Kier molecular flexibility index (Phi) is 2.12. The molecule has 1 aliphatic rings. The summed E-state index contributed by atoms with van der Waals surface area (Å²) in [5, 5.41) is 8.39. The highest BCUT2D eigenvalue weighted by Crippen LogP contribution is 2.23. The highest BCUT2D eigenvalue weighted by Gasteiger charge is 2.32. The number of aliphatic carboxylic acids is 1. The minimum Gasteiger partial charge on any atom is -0.481 e. The second-order valence-corrected chi connectivity index (χ2v) is 2.81. The van der Waals surface area contributed by atoms with Crippen molar-refractivity contribution in [3.05, 3.63) is 0 Å². The number of esters is 1. The van der Waals surface area contributed by atoms with Crippen LogP contribution in [0.2, 0.25) is 0 Å². The summed E-state index contributed by atoms with van der Waals surface area (Å²) in [5.74, 6) is -1.17. The number of carbonyl (C=O) groups excluding carboxylic acids is 1. The van der Waals surface area contributed by atoms with Gasteiger partial charge in [0.1, 0.15) is 6.10 Å². The van der Waals surface area contributed by atoms with Crippen molar-refractivity contribution in [2.75, 3.05) is 0 Å². The van der Waals surface area contributed by atoms with Gasteiger partial charge in [-0.2, -0.15) is 0 Å². The van der Waals surface area contributed by atoms with E-state index < -0.39 is 12.1 Å². The first-order valence-corrected chi connectivity index (χ1v) is 3.51. The van der Waals surface area contributed by atoms with Gasteiger partial charge in [0.25, 0.3) is 0 Å². The maximum atomic E-state index is 10.6. The van der Waals surface area contributed by atoms with E-state index in [0.29, 0.717) is 6.42 Å². The Bertz CT molecular complexity index is 187. The molecule has 4 heteroatoms. The van der Waals surface area contributed by atoms with Crippen molar-refractivity contribution in [1.82, 2.24) is 0 Å². The monoisotopic (exact) mass is 158 g/mol. The average molecular weight is 158 g/mol. The van der Waals surface area contributed by atoms with Crippen LogP contribution in [0, 0.1) is 5.92 Å². The summed E-state index contributed by atoms with van der Waals surface area (Å²) in [5.41, 5.74) is 0. The largest absolute Gasteiger partial charge is 0.481 e. The van der Waals surface area contributed by atoms with Crippen molar-refractivity contribution in [1.29, 1.82) is 0 Å². The van der Waals surface area contributed by atoms with Crippen LogP contribution in [-0.2, 0) is 14.3 Å². The number of rotatable bonds is 2. The molecule has 2 unspecified atom stereocenters. The van der Waals surface area contributed by atoms with Crippen molar-refractivity contribution >= 4 is 11.9 Å². The number of carboxylic acid groups (broad SMARTS) is 1. The van der Waals surface area contributed by atoms with Gasteiger partial charge in [-0.3, -0.25) is 9.59 Å². The molecule has 4 nitrogen and oxygen atoms in total. The van der Waals surface area contributed by atoms with Crippen LogP contribution in [0.25, 0.3) is 0 Å². The Hall–Kier alpha value is -1.06. The highest BCUT2D eigenvalue weighted by atomic mass is 16.6. The predicted molar refractivity (Wildman–Crippen MR) is 35.9 cm³/mol. The molecule has 1 rings (SSSR count). The van der Waals surface area contributed by atoms with Gasteiger partial charge in [0, 0.05) is 5.92 Å². The SMILES string of the molecule is CC1CC(=O)OC1CC(=O)O. The van der Waals surface area contributed by atoms with E-state index in [1.807, 2.05) is 6.92 Å². The molecule has 0 aromatic heterocycles. The van der Waals surface area contributed by atoms with Crippen LogP contribution in [0.1, 0.15) is 19.8 Å². The standard InChI is InChI=1S/C7H10O4/c1-4-2-7(10)11-5(4)3-6(8)9/h4-5H,2-3H2,1H3,(H,8,9). The second kappa shape index (κ2) is 2.90. The van der Waals surface area contributed by atoms with Crippen LogP contribution < -0.4 is 0 Å². The van der Waals surface area contributed by atoms with E-state index in [1.54, 1.807) is 0 Å². The van der Waals surface area contributed by atoms with Crippen LogP contribution in [0.5, 0.6) is 0 Å². The van der Waals surface area contributed by atoms with Crippen molar-refractivity contribution in [3.63, 3.8) is 0 Å². The maximum Gasteiger partial charge on any atom is 0.307 e. The van der Waals surface area contributed by atoms with Crippen LogP contribution in [0.3, 0.4) is 0 Å². The first-order chi connectivity index (χ1) is 5.09. The van der Waals surface area contributed by atoms with E-state index in [-0.39, 0.29) is 18.3 Å². The van der Waals surface area contributed by atoms with Crippen molar-refractivity contribution in [2.45, 2.75) is 25.9 Å². The molecule has 0 bridgehead atoms. The number of carbonyl (C=O) groups is 2. The predicted octanol–water partition coefficient (Wildman–Crippen LogP) is 0.413. The van der Waals surface area contributed by atoms with E-state index >= 15 is 0 Å². The van der Waals surface area contributed by atoms with E-state index in [4.69, 9.17) is 9.84 Å². The zero-order valence-corrected chi connectivity index (χ0v) is 6.24. The molecule has 11 heavy (non-hydrogen) atoms. The quantitative estimate of drug-likeness (QED) is 0.591. The summed E-state index contributed by atoms with van der Waals surface area (Å²) >= 11 is 0. The third-order valence-electron chi connectivity index (χ3n) is 1.78. The summed E-state index contributed by atoms with van der Waals surface area (Å²) in [4.78, 5) is 20.8. The van der Waals surface area contributed by atoms with E-state index in [2.05, 4.69) is 0 Å². The minimum atomic E-state index is -0.920. The fourth-order valence-electron chi connectivity index (χ4n) is 1.14. The number of ether oxygens (including phenoxy) is 1. The smallest absolute Gasteiger partial charge is 0.307 e. The lowest BCUT2D eigenvalue weighted by molar-refractivity contribution is -0.146. The lowest BCUT2D eigenvalue weighted by Gasteiger charge is -2.09. The molecule has 0 radical (unpaired) electrons. The molecule has 0 amide bonds. The lowest BCUT2D eigenvalue weighted by Crippen LogP contribution is -2.18. The molecule has 2 atom stereocenters. The third-order valence-corrected chi connectivity index (χ3v) is 1.78. The summed E-state index contributed by atoms with van der Waals surface area (Å²) in [6.07, 6.45) is -0.148. The van der Waals surface area contributed by atoms with E-state index in [9.17, 15) is 9.59 Å². The molecule has 1 fully saturated rings. The fraction of sp³-hybridized carbons (Fsp3) is 0.714. The molecular weight excluding hydrogens is 148 g/mol. The zero-order valence-electron chi connectivity index (χ0n) is 6.24. The number of cyclic esters (lactones) is 1. The zero-order chi connectivity index (χ0) is 8.43. The summed E-state index contributed by atoms with van der Waals surface area (Å²) in [6, 6.07) is 0. The molecule has 1 N–H and O–H groups in total. The Morgan fingerprint density at radius 2 is 2.45 bits per heavy atom. The van der Waals surface area contributed by atoms with Gasteiger partial charge in [0.2, 0.25) is 0 Å². The van der Waals surface area contributed by atoms with Gasteiger partial charge in [0.05, 0.1) is 12.8 Å². The minimum absolute atomic E-state index is 0.0404. The molecule has 0 aromatic rings. The van der Waals surface area contributed by atoms with E-state index in [0.717, 1.165) is 0 Å². The van der Waals surface area contributed by atoms with Crippen LogP contribution >= 0.6 is 0 Å². The Labute approximate surface area is 64.2 Å². The lowest BCUT2D eigenvalue weighted by atomic mass is 10.0. The first kappa shape index (κ1) is 8.04. The summed E-state index contributed by atoms with van der Waals surface area (Å²) in [7, 11) is 0. The van der Waals surface area contributed by atoms with Crippen molar-refractivity contribution < 1.29 is 19.4 Å². The Balaban J connectivity index is 2.46. The number of hydrogen-bond acceptors (Lipinski definition) is 3. The van der Waals surface area contributed by atoms with Crippen LogP contribution in [0.4, 0.5) is 0 Å². The molecule has 1 aliphatic heterocycles. The Morgan fingerprint density at radius 1 is 1.82 bits per heavy atom. The number of hydrogen-bond donors (Lipinski definition) is 1. The van der Waals surface area contributed by atoms with Gasteiger partial charge in [-0.25, -0.2) is 0 Å². The molecule has 0 aliphatic carbocycles. The highest BCUT2D eigenvalue weighted by molar-refractivity contribution is 5.74. The third kappa shape index (κ3) is 1.93. The number of carboxylic acids is 1. The molecule has 1 saturated heterocycles. The summed E-state index contributed by atoms with van der Waals surface area (Å²) in [6.45, 7) is 1.82. The van der Waals surface area contributed by atoms with Gasteiger partial charge in [-0.1, -0.05) is 6.92 Å². The average Bonchev–Trinajstić information content (AvgIpc) is 2.09. The topological polar surface area (TPSA) is 63.6 Å².